The number of anilines is 1. The third kappa shape index (κ3) is 3.62. The number of thioether (sulfide) groups is 2. The summed E-state index contributed by atoms with van der Waals surface area (Å²) in [5, 5.41) is 10.1. The van der Waals surface area contributed by atoms with E-state index in [0.717, 1.165) is 10.6 Å². The Morgan fingerprint density at radius 1 is 1.35 bits per heavy atom. The van der Waals surface area contributed by atoms with Crippen LogP contribution >= 0.6 is 23.5 Å². The third-order valence-corrected chi connectivity index (χ3v) is 4.06. The van der Waals surface area contributed by atoms with E-state index in [0.29, 0.717) is 16.7 Å². The van der Waals surface area contributed by atoms with Crippen LogP contribution in [-0.4, -0.2) is 21.2 Å². The zero-order valence-electron chi connectivity index (χ0n) is 11.1. The number of pyridine rings is 1. The number of nitriles is 1. The summed E-state index contributed by atoms with van der Waals surface area (Å²) in [5.74, 6) is 0.403. The Morgan fingerprint density at radius 3 is 2.80 bits per heavy atom. The van der Waals surface area contributed by atoms with Crippen LogP contribution in [0.4, 0.5) is 5.82 Å². The van der Waals surface area contributed by atoms with Crippen molar-refractivity contribution in [2.75, 3.05) is 12.0 Å². The lowest BCUT2D eigenvalue weighted by Gasteiger charge is -2.09. The molecule has 2 heterocycles. The predicted octanol–water partition coefficient (Wildman–Crippen LogP) is 2.84. The smallest absolute Gasteiger partial charge is 0.192 e. The van der Waals surface area contributed by atoms with Crippen LogP contribution < -0.4 is 5.73 Å². The lowest BCUT2D eigenvalue weighted by atomic mass is 10.2. The summed E-state index contributed by atoms with van der Waals surface area (Å²) in [7, 11) is 0. The second kappa shape index (κ2) is 6.59. The van der Waals surface area contributed by atoms with Crippen LogP contribution in [0.2, 0.25) is 0 Å². The quantitative estimate of drug-likeness (QED) is 0.527. The van der Waals surface area contributed by atoms with E-state index in [1.165, 1.54) is 23.5 Å². The van der Waals surface area contributed by atoms with E-state index < -0.39 is 5.25 Å². The van der Waals surface area contributed by atoms with Crippen LogP contribution in [0.5, 0.6) is 0 Å². The van der Waals surface area contributed by atoms with Crippen LogP contribution in [0.25, 0.3) is 0 Å². The van der Waals surface area contributed by atoms with Gasteiger partial charge in [-0.2, -0.15) is 5.26 Å². The van der Waals surface area contributed by atoms with Gasteiger partial charge in [0, 0.05) is 12.3 Å². The topological polar surface area (TPSA) is 88.5 Å². The molecule has 0 aromatic carbocycles. The number of hydrogen-bond donors (Lipinski definition) is 1. The molecule has 0 aliphatic heterocycles. The second-order valence-electron chi connectivity index (χ2n) is 4.00. The molecule has 0 spiro atoms. The average Bonchev–Trinajstić information content (AvgIpc) is 2.44. The number of aromatic nitrogens is 3. The van der Waals surface area contributed by atoms with Crippen molar-refractivity contribution in [3.8, 4) is 6.07 Å². The maximum atomic E-state index is 9.32. The summed E-state index contributed by atoms with van der Waals surface area (Å²) in [5.41, 5.74) is 7.51. The SMILES string of the molecule is CSc1cc(N)nc(SC(C#N)c2cc(C)ccn2)n1. The molecule has 0 aliphatic rings. The Kier molecular flexibility index (Phi) is 4.82. The van der Waals surface area contributed by atoms with E-state index in [1.54, 1.807) is 12.3 Å². The maximum Gasteiger partial charge on any atom is 0.192 e. The van der Waals surface area contributed by atoms with Crippen molar-refractivity contribution in [3.63, 3.8) is 0 Å². The Morgan fingerprint density at radius 2 is 2.15 bits per heavy atom. The van der Waals surface area contributed by atoms with Crippen LogP contribution in [0, 0.1) is 18.3 Å². The minimum absolute atomic E-state index is 0.403. The molecular formula is C13H13N5S2. The minimum atomic E-state index is -0.452. The van der Waals surface area contributed by atoms with Gasteiger partial charge < -0.3 is 5.73 Å². The summed E-state index contributed by atoms with van der Waals surface area (Å²) in [6.45, 7) is 1.97. The summed E-state index contributed by atoms with van der Waals surface area (Å²) in [6.07, 6.45) is 3.61. The van der Waals surface area contributed by atoms with Crippen LogP contribution in [0.15, 0.2) is 34.6 Å². The summed E-state index contributed by atoms with van der Waals surface area (Å²) in [4.78, 5) is 12.7. The zero-order chi connectivity index (χ0) is 14.5. The largest absolute Gasteiger partial charge is 0.384 e. The number of rotatable bonds is 4. The van der Waals surface area contributed by atoms with Gasteiger partial charge in [-0.3, -0.25) is 4.98 Å². The van der Waals surface area contributed by atoms with Crippen molar-refractivity contribution in [3.05, 3.63) is 35.7 Å². The number of nitrogens with two attached hydrogens (primary N) is 1. The number of aryl methyl sites for hydroxylation is 1. The molecule has 2 N–H and O–H groups in total. The van der Waals surface area contributed by atoms with Crippen molar-refractivity contribution in [2.24, 2.45) is 0 Å². The van der Waals surface area contributed by atoms with Gasteiger partial charge in [-0.15, -0.1) is 11.8 Å². The van der Waals surface area contributed by atoms with Gasteiger partial charge in [-0.1, -0.05) is 11.8 Å². The molecule has 0 bridgehead atoms. The molecule has 5 nitrogen and oxygen atoms in total. The normalized spacial score (nSPS) is 11.8. The molecule has 0 saturated carbocycles. The molecule has 0 aliphatic carbocycles. The molecule has 2 aromatic heterocycles. The highest BCUT2D eigenvalue weighted by Gasteiger charge is 2.16. The van der Waals surface area contributed by atoms with Crippen molar-refractivity contribution in [2.45, 2.75) is 22.4 Å². The number of nitrogen functional groups attached to an aromatic ring is 1. The summed E-state index contributed by atoms with van der Waals surface area (Å²) >= 11 is 2.74. The average molecular weight is 303 g/mol. The van der Waals surface area contributed by atoms with Gasteiger partial charge in [0.25, 0.3) is 0 Å². The van der Waals surface area contributed by atoms with E-state index in [2.05, 4.69) is 21.0 Å². The first-order valence-electron chi connectivity index (χ1n) is 5.79. The van der Waals surface area contributed by atoms with Gasteiger partial charge in [-0.25, -0.2) is 9.97 Å². The Labute approximate surface area is 126 Å². The van der Waals surface area contributed by atoms with E-state index in [4.69, 9.17) is 5.73 Å². The Hall–Kier alpha value is -1.78. The first-order valence-corrected chi connectivity index (χ1v) is 7.90. The van der Waals surface area contributed by atoms with E-state index in [-0.39, 0.29) is 0 Å². The van der Waals surface area contributed by atoms with Gasteiger partial charge in [-0.05, 0) is 30.9 Å². The summed E-state index contributed by atoms with van der Waals surface area (Å²) in [6, 6.07) is 7.72. The summed E-state index contributed by atoms with van der Waals surface area (Å²) < 4.78 is 0. The lowest BCUT2D eigenvalue weighted by Crippen LogP contribution is -2.00. The first kappa shape index (κ1) is 14.6. The Balaban J connectivity index is 2.27. The second-order valence-corrected chi connectivity index (χ2v) is 5.90. The fourth-order valence-corrected chi connectivity index (χ4v) is 2.84. The monoisotopic (exact) mass is 303 g/mol. The molecule has 1 atom stereocenters. The molecule has 0 radical (unpaired) electrons. The van der Waals surface area contributed by atoms with Crippen molar-refractivity contribution >= 4 is 29.3 Å². The Bertz CT molecular complexity index is 653. The molecule has 102 valence electrons. The fraction of sp³-hybridized carbons (Fsp3) is 0.231. The van der Waals surface area contributed by atoms with Crippen LogP contribution in [0.3, 0.4) is 0 Å². The molecule has 0 fully saturated rings. The molecule has 0 amide bonds. The van der Waals surface area contributed by atoms with E-state index in [1.807, 2.05) is 25.3 Å². The van der Waals surface area contributed by atoms with E-state index in [9.17, 15) is 5.26 Å². The molecule has 20 heavy (non-hydrogen) atoms. The zero-order valence-corrected chi connectivity index (χ0v) is 12.7. The van der Waals surface area contributed by atoms with Crippen molar-refractivity contribution < 1.29 is 0 Å². The third-order valence-electron chi connectivity index (χ3n) is 2.46. The van der Waals surface area contributed by atoms with Crippen LogP contribution in [-0.2, 0) is 0 Å². The molecule has 1 unspecified atom stereocenters. The van der Waals surface area contributed by atoms with Gasteiger partial charge in [0.1, 0.15) is 16.1 Å². The minimum Gasteiger partial charge on any atom is -0.384 e. The molecule has 0 saturated heterocycles. The highest BCUT2D eigenvalue weighted by atomic mass is 32.2. The molecular weight excluding hydrogens is 290 g/mol. The maximum absolute atomic E-state index is 9.32. The molecule has 2 aromatic rings. The molecule has 7 heteroatoms. The first-order chi connectivity index (χ1) is 9.62. The van der Waals surface area contributed by atoms with Crippen molar-refractivity contribution in [1.82, 2.24) is 15.0 Å². The number of nitrogens with zero attached hydrogens (tertiary/aromatic N) is 4. The highest BCUT2D eigenvalue weighted by Crippen LogP contribution is 2.33. The molecule has 2 rings (SSSR count). The highest BCUT2D eigenvalue weighted by molar-refractivity contribution is 7.99. The standard InChI is InChI=1S/C13H13N5S2/c1-8-3-4-16-9(5-8)10(7-14)20-13-17-11(15)6-12(18-13)19-2/h3-6,10H,1-2H3,(H2,15,17,18). The van der Waals surface area contributed by atoms with Gasteiger partial charge in [0.15, 0.2) is 5.16 Å². The van der Waals surface area contributed by atoms with Crippen LogP contribution in [0.1, 0.15) is 16.5 Å². The lowest BCUT2D eigenvalue weighted by molar-refractivity contribution is 0.895. The van der Waals surface area contributed by atoms with Gasteiger partial charge in [0.2, 0.25) is 0 Å². The number of hydrogen-bond acceptors (Lipinski definition) is 7. The fourth-order valence-electron chi connectivity index (χ4n) is 1.54. The van der Waals surface area contributed by atoms with E-state index >= 15 is 0 Å². The predicted molar refractivity (Wildman–Crippen MR) is 81.4 cm³/mol. The van der Waals surface area contributed by atoms with Gasteiger partial charge >= 0.3 is 0 Å². The van der Waals surface area contributed by atoms with Gasteiger partial charge in [0.05, 0.1) is 11.8 Å². The van der Waals surface area contributed by atoms with Crippen molar-refractivity contribution in [1.29, 1.82) is 5.26 Å².